The van der Waals surface area contributed by atoms with E-state index in [4.69, 9.17) is 4.74 Å². The number of carbonyl (C=O) groups is 1. The maximum absolute atomic E-state index is 12.3. The average Bonchev–Trinajstić information content (AvgIpc) is 2.90. The van der Waals surface area contributed by atoms with Crippen LogP contribution in [0.3, 0.4) is 0 Å². The number of benzene rings is 1. The van der Waals surface area contributed by atoms with Gasteiger partial charge in [0.2, 0.25) is 5.91 Å². The molecule has 0 unspecified atom stereocenters. The zero-order valence-corrected chi connectivity index (χ0v) is 12.0. The van der Waals surface area contributed by atoms with E-state index < -0.39 is 5.41 Å². The van der Waals surface area contributed by atoms with Crippen molar-refractivity contribution >= 4 is 11.6 Å². The molecule has 1 amide bonds. The Kier molecular flexibility index (Phi) is 4.29. The van der Waals surface area contributed by atoms with Gasteiger partial charge in [-0.15, -0.1) is 0 Å². The van der Waals surface area contributed by atoms with Gasteiger partial charge in [-0.2, -0.15) is 5.26 Å². The summed E-state index contributed by atoms with van der Waals surface area (Å²) in [7, 11) is 0. The number of nitrogens with zero attached hydrogens (tertiary/aromatic N) is 1. The van der Waals surface area contributed by atoms with E-state index >= 15 is 0 Å². The molecule has 1 fully saturated rings. The first-order valence-corrected chi connectivity index (χ1v) is 7.05. The van der Waals surface area contributed by atoms with E-state index in [9.17, 15) is 10.1 Å². The number of rotatable bonds is 4. The zero-order chi connectivity index (χ0) is 14.6. The third-order valence-electron chi connectivity index (χ3n) is 3.59. The molecule has 1 N–H and O–H groups in total. The summed E-state index contributed by atoms with van der Waals surface area (Å²) in [5.41, 5.74) is -0.139. The Morgan fingerprint density at radius 2 is 1.90 bits per heavy atom. The quantitative estimate of drug-likeness (QED) is 0.912. The predicted octanol–water partition coefficient (Wildman–Crippen LogP) is 3.50. The standard InChI is InChI=1S/C16H20N2O2/c1-12(2)20-14-7-5-13(6-8-14)18-15(19)16(11-17)9-3-4-10-16/h5-8,12H,3-4,9-10H2,1-2H3,(H,18,19). The second-order valence-electron chi connectivity index (χ2n) is 5.55. The molecule has 4 nitrogen and oxygen atoms in total. The van der Waals surface area contributed by atoms with Crippen LogP contribution in [0.5, 0.6) is 5.75 Å². The normalized spacial score (nSPS) is 16.7. The van der Waals surface area contributed by atoms with Crippen LogP contribution in [0.1, 0.15) is 39.5 Å². The van der Waals surface area contributed by atoms with Crippen molar-refractivity contribution in [3.05, 3.63) is 24.3 Å². The van der Waals surface area contributed by atoms with E-state index in [1.54, 1.807) is 12.1 Å². The molecule has 1 saturated carbocycles. The number of nitriles is 1. The fourth-order valence-electron chi connectivity index (χ4n) is 2.51. The summed E-state index contributed by atoms with van der Waals surface area (Å²) < 4.78 is 5.55. The molecule has 106 valence electrons. The number of nitrogens with one attached hydrogen (secondary N) is 1. The molecule has 0 radical (unpaired) electrons. The first-order valence-electron chi connectivity index (χ1n) is 7.05. The van der Waals surface area contributed by atoms with Crippen molar-refractivity contribution in [3.63, 3.8) is 0 Å². The zero-order valence-electron chi connectivity index (χ0n) is 12.0. The van der Waals surface area contributed by atoms with Gasteiger partial charge < -0.3 is 10.1 Å². The largest absolute Gasteiger partial charge is 0.491 e. The molecule has 20 heavy (non-hydrogen) atoms. The van der Waals surface area contributed by atoms with Crippen LogP contribution < -0.4 is 10.1 Å². The Morgan fingerprint density at radius 1 is 1.30 bits per heavy atom. The minimum atomic E-state index is -0.840. The van der Waals surface area contributed by atoms with Crippen molar-refractivity contribution in [2.24, 2.45) is 5.41 Å². The van der Waals surface area contributed by atoms with Gasteiger partial charge in [0.05, 0.1) is 12.2 Å². The minimum Gasteiger partial charge on any atom is -0.491 e. The second-order valence-corrected chi connectivity index (χ2v) is 5.55. The van der Waals surface area contributed by atoms with Gasteiger partial charge in [-0.3, -0.25) is 4.79 Å². The molecule has 0 spiro atoms. The fourth-order valence-corrected chi connectivity index (χ4v) is 2.51. The molecule has 1 aliphatic carbocycles. The molecule has 1 aromatic carbocycles. The number of hydrogen-bond acceptors (Lipinski definition) is 3. The van der Waals surface area contributed by atoms with Gasteiger partial charge >= 0.3 is 0 Å². The Morgan fingerprint density at radius 3 is 2.40 bits per heavy atom. The molecular formula is C16H20N2O2. The lowest BCUT2D eigenvalue weighted by Crippen LogP contribution is -2.32. The van der Waals surface area contributed by atoms with Gasteiger partial charge in [0.25, 0.3) is 0 Å². The fraction of sp³-hybridized carbons (Fsp3) is 0.500. The van der Waals surface area contributed by atoms with Crippen molar-refractivity contribution in [2.45, 2.75) is 45.6 Å². The predicted molar refractivity (Wildman–Crippen MR) is 77.3 cm³/mol. The Bertz CT molecular complexity index is 508. The molecule has 1 aliphatic rings. The molecule has 0 aliphatic heterocycles. The number of amides is 1. The summed E-state index contributed by atoms with van der Waals surface area (Å²) in [5.74, 6) is 0.587. The van der Waals surface area contributed by atoms with Crippen LogP contribution in [0, 0.1) is 16.7 Å². The summed E-state index contributed by atoms with van der Waals surface area (Å²) in [5, 5.41) is 12.1. The highest BCUT2D eigenvalue weighted by molar-refractivity contribution is 5.97. The number of anilines is 1. The SMILES string of the molecule is CC(C)Oc1ccc(NC(=O)C2(C#N)CCCC2)cc1. The van der Waals surface area contributed by atoms with Crippen molar-refractivity contribution < 1.29 is 9.53 Å². The lowest BCUT2D eigenvalue weighted by atomic mass is 9.87. The lowest BCUT2D eigenvalue weighted by Gasteiger charge is -2.19. The molecule has 0 aromatic heterocycles. The smallest absolute Gasteiger partial charge is 0.244 e. The van der Waals surface area contributed by atoms with Gasteiger partial charge in [0.1, 0.15) is 11.2 Å². The maximum atomic E-state index is 12.3. The van der Waals surface area contributed by atoms with Crippen molar-refractivity contribution in [3.8, 4) is 11.8 Å². The highest BCUT2D eigenvalue weighted by atomic mass is 16.5. The van der Waals surface area contributed by atoms with Gasteiger partial charge in [-0.05, 0) is 51.0 Å². The van der Waals surface area contributed by atoms with Crippen LogP contribution in [0.2, 0.25) is 0 Å². The van der Waals surface area contributed by atoms with E-state index in [-0.39, 0.29) is 12.0 Å². The minimum absolute atomic E-state index is 0.121. The molecule has 0 saturated heterocycles. The first-order chi connectivity index (χ1) is 9.55. The van der Waals surface area contributed by atoms with Crippen LogP contribution >= 0.6 is 0 Å². The van der Waals surface area contributed by atoms with E-state index in [1.165, 1.54) is 0 Å². The molecule has 0 heterocycles. The van der Waals surface area contributed by atoms with Gasteiger partial charge in [-0.1, -0.05) is 12.8 Å². The van der Waals surface area contributed by atoms with Crippen LogP contribution in [-0.4, -0.2) is 12.0 Å². The summed E-state index contributed by atoms with van der Waals surface area (Å²) in [6.45, 7) is 3.93. The molecule has 0 bridgehead atoms. The van der Waals surface area contributed by atoms with E-state index in [2.05, 4.69) is 11.4 Å². The van der Waals surface area contributed by atoms with Crippen LogP contribution in [-0.2, 0) is 4.79 Å². The summed E-state index contributed by atoms with van der Waals surface area (Å²) in [6.07, 6.45) is 3.33. The third kappa shape index (κ3) is 3.11. The monoisotopic (exact) mass is 272 g/mol. The molecule has 1 aromatic rings. The lowest BCUT2D eigenvalue weighted by molar-refractivity contribution is -0.122. The third-order valence-corrected chi connectivity index (χ3v) is 3.59. The van der Waals surface area contributed by atoms with Gasteiger partial charge in [0, 0.05) is 5.69 Å². The number of carbonyl (C=O) groups excluding carboxylic acids is 1. The summed E-state index contributed by atoms with van der Waals surface area (Å²) in [4.78, 5) is 12.3. The van der Waals surface area contributed by atoms with E-state index in [0.717, 1.165) is 18.6 Å². The highest BCUT2D eigenvalue weighted by Gasteiger charge is 2.41. The van der Waals surface area contributed by atoms with Crippen molar-refractivity contribution in [1.29, 1.82) is 5.26 Å². The molecular weight excluding hydrogens is 252 g/mol. The number of ether oxygens (including phenoxy) is 1. The summed E-state index contributed by atoms with van der Waals surface area (Å²) >= 11 is 0. The Balaban J connectivity index is 2.03. The topological polar surface area (TPSA) is 62.1 Å². The first kappa shape index (κ1) is 14.4. The average molecular weight is 272 g/mol. The van der Waals surface area contributed by atoms with Crippen LogP contribution in [0.15, 0.2) is 24.3 Å². The maximum Gasteiger partial charge on any atom is 0.244 e. The van der Waals surface area contributed by atoms with Gasteiger partial charge in [-0.25, -0.2) is 0 Å². The Labute approximate surface area is 119 Å². The molecule has 2 rings (SSSR count). The van der Waals surface area contributed by atoms with Crippen molar-refractivity contribution in [2.75, 3.05) is 5.32 Å². The summed E-state index contributed by atoms with van der Waals surface area (Å²) in [6, 6.07) is 9.45. The van der Waals surface area contributed by atoms with E-state index in [0.29, 0.717) is 18.5 Å². The Hall–Kier alpha value is -2.02. The van der Waals surface area contributed by atoms with Crippen LogP contribution in [0.4, 0.5) is 5.69 Å². The molecule has 0 atom stereocenters. The van der Waals surface area contributed by atoms with Crippen LogP contribution in [0.25, 0.3) is 0 Å². The van der Waals surface area contributed by atoms with E-state index in [1.807, 2.05) is 26.0 Å². The highest BCUT2D eigenvalue weighted by Crippen LogP contribution is 2.38. The van der Waals surface area contributed by atoms with Gasteiger partial charge in [0.15, 0.2) is 0 Å². The number of hydrogen-bond donors (Lipinski definition) is 1. The molecule has 4 heteroatoms. The second kappa shape index (κ2) is 5.96. The van der Waals surface area contributed by atoms with Crippen molar-refractivity contribution in [1.82, 2.24) is 0 Å².